The fraction of sp³-hybridized carbons (Fsp3) is 0.143. The highest BCUT2D eigenvalue weighted by Crippen LogP contribution is 2.20. The van der Waals surface area contributed by atoms with Crippen LogP contribution in [0.15, 0.2) is 21.5 Å². The smallest absolute Gasteiger partial charge is 0.345 e. The van der Waals surface area contributed by atoms with E-state index in [-0.39, 0.29) is 11.6 Å². The monoisotopic (exact) mass is 214 g/mol. The van der Waals surface area contributed by atoms with Crippen LogP contribution in [0.25, 0.3) is 11.6 Å². The van der Waals surface area contributed by atoms with Gasteiger partial charge in [-0.2, -0.15) is 13.8 Å². The first-order valence-electron chi connectivity index (χ1n) is 3.84. The van der Waals surface area contributed by atoms with Crippen molar-refractivity contribution in [2.75, 3.05) is 0 Å². The first-order chi connectivity index (χ1) is 7.16. The van der Waals surface area contributed by atoms with E-state index in [1.807, 2.05) is 0 Å². The molecule has 2 aromatic heterocycles. The van der Waals surface area contributed by atoms with Crippen LogP contribution in [0.5, 0.6) is 0 Å². The van der Waals surface area contributed by atoms with Crippen molar-refractivity contribution in [3.63, 3.8) is 0 Å². The summed E-state index contributed by atoms with van der Waals surface area (Å²) < 4.78 is 28.8. The lowest BCUT2D eigenvalue weighted by Crippen LogP contribution is -2.09. The van der Waals surface area contributed by atoms with Crippen molar-refractivity contribution >= 4 is 0 Å². The van der Waals surface area contributed by atoms with Crippen molar-refractivity contribution in [2.45, 2.75) is 6.43 Å². The molecule has 0 saturated heterocycles. The van der Waals surface area contributed by atoms with Gasteiger partial charge in [-0.05, 0) is 6.07 Å². The minimum absolute atomic E-state index is 0.0538. The zero-order valence-corrected chi connectivity index (χ0v) is 7.15. The van der Waals surface area contributed by atoms with Crippen LogP contribution in [-0.2, 0) is 0 Å². The van der Waals surface area contributed by atoms with Crippen LogP contribution >= 0.6 is 0 Å². The van der Waals surface area contributed by atoms with Gasteiger partial charge < -0.3 is 9.40 Å². The fourth-order valence-corrected chi connectivity index (χ4v) is 0.916. The van der Waals surface area contributed by atoms with E-state index < -0.39 is 18.0 Å². The maximum Gasteiger partial charge on any atom is 0.345 e. The van der Waals surface area contributed by atoms with Crippen molar-refractivity contribution in [3.8, 4) is 11.6 Å². The second kappa shape index (κ2) is 3.56. The molecule has 2 aromatic rings. The maximum atomic E-state index is 12.1. The summed E-state index contributed by atoms with van der Waals surface area (Å²) in [4.78, 5) is 16.5. The molecule has 78 valence electrons. The number of alkyl halides is 2. The highest BCUT2D eigenvalue weighted by atomic mass is 19.3. The average Bonchev–Trinajstić information content (AvgIpc) is 2.66. The van der Waals surface area contributed by atoms with Gasteiger partial charge in [-0.25, -0.2) is 4.79 Å². The molecule has 0 fully saturated rings. The number of hydrogen-bond acceptors (Lipinski definition) is 5. The van der Waals surface area contributed by atoms with Crippen LogP contribution < -0.4 is 5.69 Å². The maximum absolute atomic E-state index is 12.1. The minimum Gasteiger partial charge on any atom is -0.414 e. The van der Waals surface area contributed by atoms with Gasteiger partial charge in [-0.3, -0.25) is 0 Å². The van der Waals surface area contributed by atoms with Crippen molar-refractivity contribution in [1.82, 2.24) is 20.2 Å². The average molecular weight is 214 g/mol. The highest BCUT2D eigenvalue weighted by molar-refractivity contribution is 5.44. The molecule has 0 aromatic carbocycles. The van der Waals surface area contributed by atoms with Crippen LogP contribution in [0.4, 0.5) is 8.78 Å². The third kappa shape index (κ3) is 1.87. The van der Waals surface area contributed by atoms with Gasteiger partial charge in [-0.15, -0.1) is 10.2 Å². The molecule has 2 heterocycles. The lowest BCUT2D eigenvalue weighted by Gasteiger charge is -1.90. The quantitative estimate of drug-likeness (QED) is 0.797. The predicted octanol–water partition coefficient (Wildman–Crippen LogP) is 0.757. The van der Waals surface area contributed by atoms with Gasteiger partial charge in [0, 0.05) is 6.20 Å². The Morgan fingerprint density at radius 2 is 2.20 bits per heavy atom. The zero-order valence-electron chi connectivity index (χ0n) is 7.15. The number of halogens is 2. The van der Waals surface area contributed by atoms with E-state index in [9.17, 15) is 13.6 Å². The van der Waals surface area contributed by atoms with Crippen LogP contribution in [0.1, 0.15) is 12.3 Å². The van der Waals surface area contributed by atoms with Crippen molar-refractivity contribution in [2.24, 2.45) is 0 Å². The van der Waals surface area contributed by atoms with E-state index in [0.717, 1.165) is 0 Å². The molecule has 0 saturated carbocycles. The Hall–Kier alpha value is -2.12. The number of nitrogens with one attached hydrogen (secondary N) is 1. The molecule has 15 heavy (non-hydrogen) atoms. The van der Waals surface area contributed by atoms with Gasteiger partial charge in [0.05, 0.1) is 0 Å². The van der Waals surface area contributed by atoms with Crippen molar-refractivity contribution in [1.29, 1.82) is 0 Å². The van der Waals surface area contributed by atoms with Crippen molar-refractivity contribution < 1.29 is 13.2 Å². The SMILES string of the molecule is O=c1nc(-c2nnc(C(F)F)o2)cc[nH]1. The van der Waals surface area contributed by atoms with Gasteiger partial charge in [-0.1, -0.05) is 0 Å². The highest BCUT2D eigenvalue weighted by Gasteiger charge is 2.17. The number of aromatic nitrogens is 4. The molecule has 2 rings (SSSR count). The van der Waals surface area contributed by atoms with Crippen LogP contribution in [0.3, 0.4) is 0 Å². The Labute approximate surface area is 81.0 Å². The third-order valence-electron chi connectivity index (χ3n) is 1.52. The Morgan fingerprint density at radius 1 is 1.40 bits per heavy atom. The van der Waals surface area contributed by atoms with Gasteiger partial charge in [0.15, 0.2) is 0 Å². The summed E-state index contributed by atoms with van der Waals surface area (Å²) in [5.41, 5.74) is -0.567. The van der Waals surface area contributed by atoms with Crippen molar-refractivity contribution in [3.05, 3.63) is 28.6 Å². The lowest BCUT2D eigenvalue weighted by molar-refractivity contribution is 0.116. The molecule has 0 aliphatic heterocycles. The standard InChI is InChI=1S/C7H4F2N4O2/c8-4(9)6-13-12-5(15-6)3-1-2-10-7(14)11-3/h1-2,4H,(H,10,11,14). The first-order valence-corrected chi connectivity index (χ1v) is 3.84. The third-order valence-corrected chi connectivity index (χ3v) is 1.52. The molecular weight excluding hydrogens is 210 g/mol. The Kier molecular flexibility index (Phi) is 2.24. The second-order valence-corrected chi connectivity index (χ2v) is 2.53. The van der Waals surface area contributed by atoms with E-state index in [1.54, 1.807) is 0 Å². The second-order valence-electron chi connectivity index (χ2n) is 2.53. The molecule has 0 aliphatic rings. The summed E-state index contributed by atoms with van der Waals surface area (Å²) >= 11 is 0. The molecular formula is C7H4F2N4O2. The largest absolute Gasteiger partial charge is 0.414 e. The van der Waals surface area contributed by atoms with E-state index in [4.69, 9.17) is 0 Å². The number of H-pyrrole nitrogens is 1. The summed E-state index contributed by atoms with van der Waals surface area (Å²) in [6.45, 7) is 0. The number of rotatable bonds is 2. The summed E-state index contributed by atoms with van der Waals surface area (Å²) in [5, 5.41) is 6.44. The van der Waals surface area contributed by atoms with Crippen LogP contribution in [-0.4, -0.2) is 20.2 Å². The first kappa shape index (κ1) is 9.44. The molecule has 0 radical (unpaired) electrons. The van der Waals surface area contributed by atoms with E-state index in [2.05, 4.69) is 24.6 Å². The lowest BCUT2D eigenvalue weighted by atomic mass is 10.4. The molecule has 0 atom stereocenters. The van der Waals surface area contributed by atoms with E-state index >= 15 is 0 Å². The fourth-order valence-electron chi connectivity index (χ4n) is 0.916. The van der Waals surface area contributed by atoms with Crippen LogP contribution in [0.2, 0.25) is 0 Å². The number of nitrogens with zero attached hydrogens (tertiary/aromatic N) is 3. The molecule has 0 aliphatic carbocycles. The topological polar surface area (TPSA) is 84.7 Å². The molecule has 0 bridgehead atoms. The molecule has 0 unspecified atom stereocenters. The summed E-state index contributed by atoms with van der Waals surface area (Å²) in [6.07, 6.45) is -1.54. The van der Waals surface area contributed by atoms with Gasteiger partial charge in [0.25, 0.3) is 11.8 Å². The summed E-state index contributed by atoms with van der Waals surface area (Å²) in [6, 6.07) is 1.37. The Morgan fingerprint density at radius 3 is 2.80 bits per heavy atom. The van der Waals surface area contributed by atoms with E-state index in [0.29, 0.717) is 0 Å². The van der Waals surface area contributed by atoms with E-state index in [1.165, 1.54) is 12.3 Å². The van der Waals surface area contributed by atoms with Gasteiger partial charge >= 0.3 is 12.1 Å². The zero-order chi connectivity index (χ0) is 10.8. The summed E-state index contributed by atoms with van der Waals surface area (Å²) in [5.74, 6) is -1.01. The molecule has 8 heteroatoms. The molecule has 0 amide bonds. The Balaban J connectivity index is 2.41. The molecule has 6 nitrogen and oxygen atoms in total. The summed E-state index contributed by atoms with van der Waals surface area (Å²) in [7, 11) is 0. The minimum atomic E-state index is -2.84. The van der Waals surface area contributed by atoms with Crippen LogP contribution in [0, 0.1) is 0 Å². The van der Waals surface area contributed by atoms with Gasteiger partial charge in [0.1, 0.15) is 5.69 Å². The molecule has 0 spiro atoms. The number of hydrogen-bond donors (Lipinski definition) is 1. The Bertz CT molecular complexity index is 521. The predicted molar refractivity (Wildman–Crippen MR) is 43.1 cm³/mol. The normalized spacial score (nSPS) is 10.9. The number of aromatic amines is 1. The van der Waals surface area contributed by atoms with Gasteiger partial charge in [0.2, 0.25) is 0 Å². The molecule has 1 N–H and O–H groups in total.